The van der Waals surface area contributed by atoms with Crippen molar-refractivity contribution < 1.29 is 18.3 Å². The van der Waals surface area contributed by atoms with E-state index in [0.29, 0.717) is 12.0 Å². The standard InChI is InChI=1S/C14H13F3OS/c1-9-6-11(8-19-9)13(18)7-10-2-4-12(5-3-10)14(15,16)17/h2-6,8,13,18H,7H2,1H3. The molecule has 0 spiro atoms. The summed E-state index contributed by atoms with van der Waals surface area (Å²) < 4.78 is 37.2. The molecule has 1 unspecified atom stereocenters. The molecule has 1 atom stereocenters. The highest BCUT2D eigenvalue weighted by atomic mass is 32.1. The van der Waals surface area contributed by atoms with Gasteiger partial charge in [0, 0.05) is 11.3 Å². The summed E-state index contributed by atoms with van der Waals surface area (Å²) in [6.07, 6.45) is -4.68. The molecular weight excluding hydrogens is 273 g/mol. The summed E-state index contributed by atoms with van der Waals surface area (Å²) in [4.78, 5) is 1.10. The van der Waals surface area contributed by atoms with E-state index in [1.165, 1.54) is 12.1 Å². The van der Waals surface area contributed by atoms with Crippen LogP contribution in [-0.4, -0.2) is 5.11 Å². The number of rotatable bonds is 3. The van der Waals surface area contributed by atoms with E-state index in [4.69, 9.17) is 0 Å². The van der Waals surface area contributed by atoms with Crippen LogP contribution in [0.5, 0.6) is 0 Å². The van der Waals surface area contributed by atoms with Crippen LogP contribution in [0.4, 0.5) is 13.2 Å². The molecule has 2 aromatic rings. The van der Waals surface area contributed by atoms with Gasteiger partial charge in [-0.25, -0.2) is 0 Å². The first-order valence-corrected chi connectivity index (χ1v) is 6.63. The van der Waals surface area contributed by atoms with Crippen molar-refractivity contribution in [1.29, 1.82) is 0 Å². The van der Waals surface area contributed by atoms with Crippen LogP contribution in [0, 0.1) is 6.92 Å². The van der Waals surface area contributed by atoms with E-state index in [-0.39, 0.29) is 0 Å². The van der Waals surface area contributed by atoms with Gasteiger partial charge in [-0.05, 0) is 41.6 Å². The number of halogens is 3. The fourth-order valence-corrected chi connectivity index (χ4v) is 2.56. The van der Waals surface area contributed by atoms with E-state index in [1.807, 2.05) is 18.4 Å². The number of hydrogen-bond donors (Lipinski definition) is 1. The molecule has 102 valence electrons. The average Bonchev–Trinajstić information content (AvgIpc) is 2.75. The Bertz CT molecular complexity index is 543. The Morgan fingerprint density at radius 1 is 1.21 bits per heavy atom. The zero-order chi connectivity index (χ0) is 14.0. The van der Waals surface area contributed by atoms with E-state index >= 15 is 0 Å². The Morgan fingerprint density at radius 2 is 1.84 bits per heavy atom. The van der Waals surface area contributed by atoms with Crippen molar-refractivity contribution in [3.63, 3.8) is 0 Å². The van der Waals surface area contributed by atoms with Gasteiger partial charge in [-0.1, -0.05) is 12.1 Å². The number of aliphatic hydroxyl groups excluding tert-OH is 1. The second-order valence-corrected chi connectivity index (χ2v) is 5.52. The third-order valence-corrected chi connectivity index (χ3v) is 3.73. The Kier molecular flexibility index (Phi) is 3.96. The van der Waals surface area contributed by atoms with Gasteiger partial charge >= 0.3 is 6.18 Å². The van der Waals surface area contributed by atoms with Gasteiger partial charge in [0.1, 0.15) is 0 Å². The molecule has 0 amide bonds. The van der Waals surface area contributed by atoms with Crippen molar-refractivity contribution in [2.24, 2.45) is 0 Å². The van der Waals surface area contributed by atoms with Crippen LogP contribution < -0.4 is 0 Å². The van der Waals surface area contributed by atoms with Gasteiger partial charge in [0.15, 0.2) is 0 Å². The highest BCUT2D eigenvalue weighted by Gasteiger charge is 2.29. The monoisotopic (exact) mass is 286 g/mol. The van der Waals surface area contributed by atoms with Crippen molar-refractivity contribution >= 4 is 11.3 Å². The molecule has 0 aliphatic heterocycles. The van der Waals surface area contributed by atoms with E-state index in [0.717, 1.165) is 22.6 Å². The molecule has 1 aromatic carbocycles. The Balaban J connectivity index is 2.07. The van der Waals surface area contributed by atoms with Crippen molar-refractivity contribution in [3.05, 3.63) is 57.3 Å². The maximum atomic E-state index is 12.4. The first-order chi connectivity index (χ1) is 8.86. The van der Waals surface area contributed by atoms with Crippen molar-refractivity contribution in [3.8, 4) is 0 Å². The van der Waals surface area contributed by atoms with Crippen LogP contribution in [0.3, 0.4) is 0 Å². The highest BCUT2D eigenvalue weighted by Crippen LogP contribution is 2.30. The number of hydrogen-bond acceptors (Lipinski definition) is 2. The minimum Gasteiger partial charge on any atom is -0.388 e. The molecule has 0 bridgehead atoms. The van der Waals surface area contributed by atoms with E-state index in [9.17, 15) is 18.3 Å². The lowest BCUT2D eigenvalue weighted by Gasteiger charge is -2.11. The number of alkyl halides is 3. The lowest BCUT2D eigenvalue weighted by molar-refractivity contribution is -0.137. The summed E-state index contributed by atoms with van der Waals surface area (Å²) in [6, 6.07) is 6.79. The maximum absolute atomic E-state index is 12.4. The van der Waals surface area contributed by atoms with Gasteiger partial charge in [-0.3, -0.25) is 0 Å². The zero-order valence-electron chi connectivity index (χ0n) is 10.2. The summed E-state index contributed by atoms with van der Waals surface area (Å²) in [5.74, 6) is 0. The molecule has 2 rings (SSSR count). The van der Waals surface area contributed by atoms with Gasteiger partial charge in [0.2, 0.25) is 0 Å². The van der Waals surface area contributed by atoms with E-state index in [2.05, 4.69) is 0 Å². The topological polar surface area (TPSA) is 20.2 Å². The van der Waals surface area contributed by atoms with Crippen LogP contribution in [0.2, 0.25) is 0 Å². The zero-order valence-corrected chi connectivity index (χ0v) is 11.1. The molecule has 1 N–H and O–H groups in total. The number of aryl methyl sites for hydroxylation is 1. The molecule has 0 aliphatic rings. The second-order valence-electron chi connectivity index (χ2n) is 4.41. The molecule has 5 heteroatoms. The quantitative estimate of drug-likeness (QED) is 0.889. The van der Waals surface area contributed by atoms with Crippen LogP contribution in [0.25, 0.3) is 0 Å². The average molecular weight is 286 g/mol. The minimum absolute atomic E-state index is 0.314. The third kappa shape index (κ3) is 3.58. The highest BCUT2D eigenvalue weighted by molar-refractivity contribution is 7.10. The number of thiophene rings is 1. The normalized spacial score (nSPS) is 13.5. The van der Waals surface area contributed by atoms with Gasteiger partial charge in [0.05, 0.1) is 11.7 Å². The largest absolute Gasteiger partial charge is 0.416 e. The second kappa shape index (κ2) is 5.35. The van der Waals surface area contributed by atoms with Crippen LogP contribution in [0.1, 0.15) is 27.7 Å². The molecule has 1 aromatic heterocycles. The summed E-state index contributed by atoms with van der Waals surface area (Å²) in [6.45, 7) is 1.94. The van der Waals surface area contributed by atoms with Crippen LogP contribution in [0.15, 0.2) is 35.7 Å². The van der Waals surface area contributed by atoms with Crippen LogP contribution >= 0.6 is 11.3 Å². The molecular formula is C14H13F3OS. The molecule has 0 saturated carbocycles. The Hall–Kier alpha value is -1.33. The first kappa shape index (κ1) is 14.1. The Labute approximate surface area is 113 Å². The minimum atomic E-state index is -4.32. The SMILES string of the molecule is Cc1cc(C(O)Cc2ccc(C(F)(F)F)cc2)cs1. The lowest BCUT2D eigenvalue weighted by Crippen LogP contribution is -2.05. The van der Waals surface area contributed by atoms with Gasteiger partial charge in [-0.15, -0.1) is 11.3 Å². The summed E-state index contributed by atoms with van der Waals surface area (Å²) in [7, 11) is 0. The summed E-state index contributed by atoms with van der Waals surface area (Å²) in [5.41, 5.74) is 0.823. The molecule has 1 nitrogen and oxygen atoms in total. The summed E-state index contributed by atoms with van der Waals surface area (Å²) in [5, 5.41) is 11.9. The van der Waals surface area contributed by atoms with Crippen molar-refractivity contribution in [1.82, 2.24) is 0 Å². The number of aliphatic hydroxyl groups is 1. The molecule has 0 saturated heterocycles. The predicted octanol–water partition coefficient (Wildman–Crippen LogP) is 4.35. The van der Waals surface area contributed by atoms with E-state index < -0.39 is 17.8 Å². The fourth-order valence-electron chi connectivity index (χ4n) is 1.81. The fraction of sp³-hybridized carbons (Fsp3) is 0.286. The maximum Gasteiger partial charge on any atom is 0.416 e. The van der Waals surface area contributed by atoms with Gasteiger partial charge in [0.25, 0.3) is 0 Å². The van der Waals surface area contributed by atoms with Crippen molar-refractivity contribution in [2.45, 2.75) is 25.6 Å². The van der Waals surface area contributed by atoms with Crippen LogP contribution in [-0.2, 0) is 12.6 Å². The lowest BCUT2D eigenvalue weighted by atomic mass is 10.0. The predicted molar refractivity (Wildman–Crippen MR) is 69.2 cm³/mol. The smallest absolute Gasteiger partial charge is 0.388 e. The van der Waals surface area contributed by atoms with Crippen molar-refractivity contribution in [2.75, 3.05) is 0 Å². The molecule has 0 fully saturated rings. The molecule has 1 heterocycles. The first-order valence-electron chi connectivity index (χ1n) is 5.75. The number of benzene rings is 1. The summed E-state index contributed by atoms with van der Waals surface area (Å²) >= 11 is 1.54. The Morgan fingerprint density at radius 3 is 2.32 bits per heavy atom. The van der Waals surface area contributed by atoms with Gasteiger partial charge in [-0.2, -0.15) is 13.2 Å². The van der Waals surface area contributed by atoms with Gasteiger partial charge < -0.3 is 5.11 Å². The van der Waals surface area contributed by atoms with E-state index in [1.54, 1.807) is 11.3 Å². The molecule has 19 heavy (non-hydrogen) atoms. The molecule has 0 aliphatic carbocycles. The third-order valence-electron chi connectivity index (χ3n) is 2.85. The molecule has 0 radical (unpaired) electrons.